The first-order valence-corrected chi connectivity index (χ1v) is 9.18. The van der Waals surface area contributed by atoms with Gasteiger partial charge in [0.2, 0.25) is 5.91 Å². The summed E-state index contributed by atoms with van der Waals surface area (Å²) in [5.74, 6) is 0.555. The monoisotopic (exact) mass is 364 g/mol. The normalized spacial score (nSPS) is 14.2. The molecule has 1 N–H and O–H groups in total. The number of hydrogen-bond donors (Lipinski definition) is 1. The lowest BCUT2D eigenvalue weighted by molar-refractivity contribution is -0.111. The van der Waals surface area contributed by atoms with Crippen LogP contribution in [0.3, 0.4) is 0 Å². The highest BCUT2D eigenvalue weighted by molar-refractivity contribution is 6.03. The van der Waals surface area contributed by atoms with E-state index < -0.39 is 0 Å². The van der Waals surface area contributed by atoms with E-state index in [1.807, 2.05) is 29.2 Å². The summed E-state index contributed by atoms with van der Waals surface area (Å²) in [5, 5.41) is 2.81. The van der Waals surface area contributed by atoms with Gasteiger partial charge in [-0.3, -0.25) is 9.59 Å². The average Bonchev–Trinajstić information content (AvgIpc) is 2.73. The van der Waals surface area contributed by atoms with E-state index in [0.717, 1.165) is 37.2 Å². The first-order valence-electron chi connectivity index (χ1n) is 9.18. The lowest BCUT2D eigenvalue weighted by Gasteiger charge is -2.26. The molecular weight excluding hydrogens is 340 g/mol. The van der Waals surface area contributed by atoms with E-state index in [0.29, 0.717) is 11.3 Å². The molecule has 2 amide bonds. The second kappa shape index (κ2) is 9.03. The number of carbonyl (C=O) groups excluding carboxylic acids is 2. The van der Waals surface area contributed by atoms with Crippen LogP contribution in [0.25, 0.3) is 6.08 Å². The van der Waals surface area contributed by atoms with Crippen molar-refractivity contribution in [3.8, 4) is 5.75 Å². The topological polar surface area (TPSA) is 58.6 Å². The largest absolute Gasteiger partial charge is 0.497 e. The number of nitrogens with zero attached hydrogens (tertiary/aromatic N) is 1. The van der Waals surface area contributed by atoms with Crippen LogP contribution < -0.4 is 10.1 Å². The Kier molecular flexibility index (Phi) is 6.26. The molecule has 0 unspecified atom stereocenters. The molecule has 2 aromatic rings. The predicted molar refractivity (Wildman–Crippen MR) is 107 cm³/mol. The maximum Gasteiger partial charge on any atom is 0.253 e. The fourth-order valence-corrected chi connectivity index (χ4v) is 3.08. The third-order valence-corrected chi connectivity index (χ3v) is 4.56. The summed E-state index contributed by atoms with van der Waals surface area (Å²) in [4.78, 5) is 26.6. The van der Waals surface area contributed by atoms with E-state index in [1.54, 1.807) is 37.5 Å². The molecule has 3 rings (SSSR count). The number of amides is 2. The quantitative estimate of drug-likeness (QED) is 0.817. The first-order chi connectivity index (χ1) is 13.2. The zero-order chi connectivity index (χ0) is 19.1. The fraction of sp³-hybridized carbons (Fsp3) is 0.273. The Balaban J connectivity index is 1.61. The van der Waals surface area contributed by atoms with E-state index >= 15 is 0 Å². The van der Waals surface area contributed by atoms with Crippen LogP contribution in [0.2, 0.25) is 0 Å². The van der Waals surface area contributed by atoms with Gasteiger partial charge in [0.25, 0.3) is 5.91 Å². The second-order valence-corrected chi connectivity index (χ2v) is 6.53. The summed E-state index contributed by atoms with van der Waals surface area (Å²) < 4.78 is 5.11. The van der Waals surface area contributed by atoms with Gasteiger partial charge in [-0.2, -0.15) is 0 Å². The summed E-state index contributed by atoms with van der Waals surface area (Å²) in [5.41, 5.74) is 2.12. The maximum atomic E-state index is 12.6. The number of likely N-dealkylation sites (tertiary alicyclic amines) is 1. The summed E-state index contributed by atoms with van der Waals surface area (Å²) >= 11 is 0. The first kappa shape index (κ1) is 18.7. The Morgan fingerprint density at radius 1 is 1.04 bits per heavy atom. The second-order valence-electron chi connectivity index (χ2n) is 6.53. The molecule has 0 radical (unpaired) electrons. The third-order valence-electron chi connectivity index (χ3n) is 4.56. The van der Waals surface area contributed by atoms with Crippen molar-refractivity contribution in [2.24, 2.45) is 0 Å². The van der Waals surface area contributed by atoms with Crippen LogP contribution in [0.1, 0.15) is 35.2 Å². The van der Waals surface area contributed by atoms with Gasteiger partial charge in [-0.05, 0) is 61.2 Å². The zero-order valence-electron chi connectivity index (χ0n) is 15.5. The Morgan fingerprint density at radius 2 is 1.78 bits per heavy atom. The number of carbonyl (C=O) groups is 2. The van der Waals surface area contributed by atoms with Crippen molar-refractivity contribution in [3.63, 3.8) is 0 Å². The Bertz CT molecular complexity index is 822. The minimum Gasteiger partial charge on any atom is -0.497 e. The molecule has 0 saturated carbocycles. The van der Waals surface area contributed by atoms with E-state index in [4.69, 9.17) is 4.74 Å². The van der Waals surface area contributed by atoms with Crippen molar-refractivity contribution in [1.82, 2.24) is 4.90 Å². The molecule has 140 valence electrons. The molecule has 27 heavy (non-hydrogen) atoms. The summed E-state index contributed by atoms with van der Waals surface area (Å²) in [6.07, 6.45) is 6.50. The number of nitrogens with one attached hydrogen (secondary N) is 1. The highest BCUT2D eigenvalue weighted by Gasteiger charge is 2.18. The number of methoxy groups -OCH3 is 1. The van der Waals surface area contributed by atoms with Gasteiger partial charge in [0.1, 0.15) is 5.75 Å². The maximum absolute atomic E-state index is 12.6. The Morgan fingerprint density at radius 3 is 2.48 bits per heavy atom. The lowest BCUT2D eigenvalue weighted by atomic mass is 10.1. The van der Waals surface area contributed by atoms with Crippen molar-refractivity contribution < 1.29 is 14.3 Å². The zero-order valence-corrected chi connectivity index (χ0v) is 15.5. The molecule has 1 saturated heterocycles. The molecule has 5 nitrogen and oxygen atoms in total. The molecule has 0 aliphatic carbocycles. The van der Waals surface area contributed by atoms with Crippen LogP contribution in [-0.4, -0.2) is 36.9 Å². The number of hydrogen-bond acceptors (Lipinski definition) is 3. The van der Waals surface area contributed by atoms with Crippen LogP contribution in [-0.2, 0) is 4.79 Å². The number of benzene rings is 2. The van der Waals surface area contributed by atoms with Crippen molar-refractivity contribution in [1.29, 1.82) is 0 Å². The highest BCUT2D eigenvalue weighted by atomic mass is 16.5. The van der Waals surface area contributed by atoms with E-state index in [2.05, 4.69) is 5.32 Å². The third kappa shape index (κ3) is 5.20. The van der Waals surface area contributed by atoms with Gasteiger partial charge in [0.15, 0.2) is 0 Å². The SMILES string of the molecule is COc1ccc(/C=C/C(=O)Nc2cccc(C(=O)N3CCCCC3)c2)cc1. The lowest BCUT2D eigenvalue weighted by Crippen LogP contribution is -2.35. The number of ether oxygens (including phenoxy) is 1. The van der Waals surface area contributed by atoms with Crippen molar-refractivity contribution in [3.05, 3.63) is 65.7 Å². The molecule has 0 aromatic heterocycles. The molecular formula is C22H24N2O3. The number of anilines is 1. The van der Waals surface area contributed by atoms with Gasteiger partial charge in [-0.25, -0.2) is 0 Å². The average molecular weight is 364 g/mol. The molecule has 1 fully saturated rings. The summed E-state index contributed by atoms with van der Waals surface area (Å²) in [7, 11) is 1.61. The van der Waals surface area contributed by atoms with Crippen LogP contribution in [0.15, 0.2) is 54.6 Å². The summed E-state index contributed by atoms with van der Waals surface area (Å²) in [6, 6.07) is 14.5. The molecule has 5 heteroatoms. The highest BCUT2D eigenvalue weighted by Crippen LogP contribution is 2.17. The van der Waals surface area contributed by atoms with Crippen LogP contribution in [0.4, 0.5) is 5.69 Å². The summed E-state index contributed by atoms with van der Waals surface area (Å²) in [6.45, 7) is 1.61. The molecule has 0 spiro atoms. The molecule has 2 aromatic carbocycles. The van der Waals surface area contributed by atoms with Crippen molar-refractivity contribution >= 4 is 23.6 Å². The Labute approximate surface area is 159 Å². The van der Waals surface area contributed by atoms with Gasteiger partial charge in [-0.1, -0.05) is 18.2 Å². The van der Waals surface area contributed by atoms with E-state index in [-0.39, 0.29) is 11.8 Å². The Hall–Kier alpha value is -3.08. The van der Waals surface area contributed by atoms with E-state index in [1.165, 1.54) is 12.5 Å². The molecule has 1 aliphatic rings. The van der Waals surface area contributed by atoms with Crippen molar-refractivity contribution in [2.45, 2.75) is 19.3 Å². The number of piperidine rings is 1. The van der Waals surface area contributed by atoms with Gasteiger partial charge in [0.05, 0.1) is 7.11 Å². The predicted octanol–water partition coefficient (Wildman–Crippen LogP) is 3.97. The van der Waals surface area contributed by atoms with Gasteiger partial charge in [-0.15, -0.1) is 0 Å². The van der Waals surface area contributed by atoms with Gasteiger partial charge < -0.3 is 15.0 Å². The molecule has 1 aliphatic heterocycles. The molecule has 0 bridgehead atoms. The van der Waals surface area contributed by atoms with E-state index in [9.17, 15) is 9.59 Å². The fourth-order valence-electron chi connectivity index (χ4n) is 3.08. The standard InChI is InChI=1S/C22H24N2O3/c1-27-20-11-8-17(9-12-20)10-13-21(25)23-19-7-5-6-18(16-19)22(26)24-14-3-2-4-15-24/h5-13,16H,2-4,14-15H2,1H3,(H,23,25)/b13-10+. The minimum absolute atomic E-state index is 0.0274. The van der Waals surface area contributed by atoms with Crippen LogP contribution >= 0.6 is 0 Å². The molecule has 1 heterocycles. The molecule has 0 atom stereocenters. The van der Waals surface area contributed by atoms with Gasteiger partial charge in [0, 0.05) is 30.4 Å². The van der Waals surface area contributed by atoms with Crippen LogP contribution in [0.5, 0.6) is 5.75 Å². The number of rotatable bonds is 5. The van der Waals surface area contributed by atoms with Gasteiger partial charge >= 0.3 is 0 Å². The smallest absolute Gasteiger partial charge is 0.253 e. The van der Waals surface area contributed by atoms with Crippen LogP contribution in [0, 0.1) is 0 Å². The van der Waals surface area contributed by atoms with Crippen molar-refractivity contribution in [2.75, 3.05) is 25.5 Å². The minimum atomic E-state index is -0.242.